The Morgan fingerprint density at radius 3 is 2.72 bits per heavy atom. The van der Waals surface area contributed by atoms with Gasteiger partial charge in [-0.3, -0.25) is 4.79 Å². The summed E-state index contributed by atoms with van der Waals surface area (Å²) in [6.07, 6.45) is 1.84. The van der Waals surface area contributed by atoms with Crippen LogP contribution in [0.15, 0.2) is 22.7 Å². The highest BCUT2D eigenvalue weighted by Crippen LogP contribution is 2.23. The Balaban J connectivity index is 2.10. The number of piperidine rings is 1. The Labute approximate surface area is 119 Å². The van der Waals surface area contributed by atoms with Crippen LogP contribution in [0.4, 0.5) is 4.39 Å². The molecule has 1 fully saturated rings. The number of rotatable bonds is 2. The van der Waals surface area contributed by atoms with Gasteiger partial charge in [0.2, 0.25) is 0 Å². The van der Waals surface area contributed by atoms with Gasteiger partial charge in [-0.1, -0.05) is 0 Å². The smallest absolute Gasteiger partial charge is 0.255 e. The predicted octanol–water partition coefficient (Wildman–Crippen LogP) is 3.68. The second kappa shape index (κ2) is 6.02. The summed E-state index contributed by atoms with van der Waals surface area (Å²) in [6, 6.07) is 4.18. The lowest BCUT2D eigenvalue weighted by Crippen LogP contribution is -2.39. The third-order valence-electron chi connectivity index (χ3n) is 3.28. The van der Waals surface area contributed by atoms with Crippen molar-refractivity contribution >= 4 is 33.4 Å². The first-order valence-electron chi connectivity index (χ1n) is 5.92. The van der Waals surface area contributed by atoms with Gasteiger partial charge in [-0.15, -0.1) is 11.6 Å². The summed E-state index contributed by atoms with van der Waals surface area (Å²) in [5, 5.41) is 0. The van der Waals surface area contributed by atoms with E-state index < -0.39 is 5.82 Å². The zero-order valence-corrected chi connectivity index (χ0v) is 12.2. The molecule has 98 valence electrons. The molecule has 1 heterocycles. The number of nitrogens with zero attached hydrogens (tertiary/aromatic N) is 1. The fourth-order valence-corrected chi connectivity index (χ4v) is 2.85. The fourth-order valence-electron chi connectivity index (χ4n) is 2.12. The Morgan fingerprint density at radius 1 is 1.44 bits per heavy atom. The number of alkyl halides is 1. The van der Waals surface area contributed by atoms with Crippen LogP contribution in [-0.2, 0) is 0 Å². The van der Waals surface area contributed by atoms with Crippen LogP contribution in [0.3, 0.4) is 0 Å². The lowest BCUT2D eigenvalue weighted by molar-refractivity contribution is 0.0697. The number of amides is 1. The van der Waals surface area contributed by atoms with E-state index in [-0.39, 0.29) is 5.91 Å². The van der Waals surface area contributed by atoms with E-state index >= 15 is 0 Å². The van der Waals surface area contributed by atoms with Gasteiger partial charge in [-0.2, -0.15) is 0 Å². The van der Waals surface area contributed by atoms with Gasteiger partial charge in [-0.05, 0) is 52.9 Å². The first kappa shape index (κ1) is 13.8. The van der Waals surface area contributed by atoms with Gasteiger partial charge in [0.05, 0.1) is 5.56 Å². The third-order valence-corrected chi connectivity index (χ3v) is 4.41. The zero-order chi connectivity index (χ0) is 13.1. The molecule has 1 aliphatic rings. The first-order chi connectivity index (χ1) is 8.61. The SMILES string of the molecule is O=C(c1cc(F)ccc1Br)N1CCC(CCl)CC1. The Kier molecular flexibility index (Phi) is 4.62. The van der Waals surface area contributed by atoms with Crippen LogP contribution >= 0.6 is 27.5 Å². The van der Waals surface area contributed by atoms with Crippen molar-refractivity contribution in [2.75, 3.05) is 19.0 Å². The Morgan fingerprint density at radius 2 is 2.11 bits per heavy atom. The van der Waals surface area contributed by atoms with Crippen molar-refractivity contribution in [2.45, 2.75) is 12.8 Å². The Bertz CT molecular complexity index is 447. The maximum absolute atomic E-state index is 13.2. The van der Waals surface area contributed by atoms with E-state index in [2.05, 4.69) is 15.9 Å². The average Bonchev–Trinajstić information content (AvgIpc) is 2.41. The maximum atomic E-state index is 13.2. The molecule has 0 radical (unpaired) electrons. The van der Waals surface area contributed by atoms with E-state index in [4.69, 9.17) is 11.6 Å². The number of halogens is 3. The Hall–Kier alpha value is -0.610. The molecule has 0 aromatic heterocycles. The van der Waals surface area contributed by atoms with Gasteiger partial charge >= 0.3 is 0 Å². The largest absolute Gasteiger partial charge is 0.339 e. The molecule has 1 saturated heterocycles. The van der Waals surface area contributed by atoms with E-state index in [1.807, 2.05) is 0 Å². The molecule has 1 aromatic carbocycles. The van der Waals surface area contributed by atoms with Gasteiger partial charge in [-0.25, -0.2) is 4.39 Å². The number of hydrogen-bond acceptors (Lipinski definition) is 1. The van der Waals surface area contributed by atoms with Gasteiger partial charge in [0.15, 0.2) is 0 Å². The number of benzene rings is 1. The lowest BCUT2D eigenvalue weighted by Gasteiger charge is -2.31. The monoisotopic (exact) mass is 333 g/mol. The molecule has 0 N–H and O–H groups in total. The highest BCUT2D eigenvalue weighted by atomic mass is 79.9. The molecular formula is C13H14BrClFNO. The highest BCUT2D eigenvalue weighted by molar-refractivity contribution is 9.10. The normalized spacial score (nSPS) is 16.9. The van der Waals surface area contributed by atoms with Crippen molar-refractivity contribution in [3.05, 3.63) is 34.1 Å². The van der Waals surface area contributed by atoms with E-state index in [1.165, 1.54) is 12.1 Å². The molecule has 0 atom stereocenters. The fraction of sp³-hybridized carbons (Fsp3) is 0.462. The van der Waals surface area contributed by atoms with Crippen LogP contribution in [-0.4, -0.2) is 29.8 Å². The molecule has 1 aliphatic heterocycles. The molecule has 0 aliphatic carbocycles. The van der Waals surface area contributed by atoms with Gasteiger partial charge in [0, 0.05) is 23.4 Å². The van der Waals surface area contributed by atoms with E-state index in [9.17, 15) is 9.18 Å². The molecule has 2 nitrogen and oxygen atoms in total. The zero-order valence-electron chi connectivity index (χ0n) is 9.83. The minimum Gasteiger partial charge on any atom is -0.339 e. The summed E-state index contributed by atoms with van der Waals surface area (Å²) in [5.41, 5.74) is 0.388. The molecule has 1 amide bonds. The second-order valence-corrected chi connectivity index (χ2v) is 5.68. The van der Waals surface area contributed by atoms with Crippen molar-refractivity contribution in [3.63, 3.8) is 0 Å². The first-order valence-corrected chi connectivity index (χ1v) is 7.25. The minimum absolute atomic E-state index is 0.116. The van der Waals surface area contributed by atoms with Gasteiger partial charge < -0.3 is 4.90 Å². The van der Waals surface area contributed by atoms with Crippen LogP contribution in [0.5, 0.6) is 0 Å². The van der Waals surface area contributed by atoms with Gasteiger partial charge in [0.25, 0.3) is 5.91 Å². The van der Waals surface area contributed by atoms with Crippen LogP contribution in [0, 0.1) is 11.7 Å². The van der Waals surface area contributed by atoms with Crippen LogP contribution in [0.1, 0.15) is 23.2 Å². The standard InChI is InChI=1S/C13H14BrClFNO/c14-12-2-1-10(16)7-11(12)13(18)17-5-3-9(8-15)4-6-17/h1-2,7,9H,3-6,8H2. The van der Waals surface area contributed by atoms with Gasteiger partial charge in [0.1, 0.15) is 5.82 Å². The summed E-state index contributed by atoms with van der Waals surface area (Å²) >= 11 is 9.10. The average molecular weight is 335 g/mol. The lowest BCUT2D eigenvalue weighted by atomic mass is 9.98. The predicted molar refractivity (Wildman–Crippen MR) is 73.4 cm³/mol. The number of carbonyl (C=O) groups excluding carboxylic acids is 1. The number of likely N-dealkylation sites (tertiary alicyclic amines) is 1. The van der Waals surface area contributed by atoms with Crippen molar-refractivity contribution in [3.8, 4) is 0 Å². The summed E-state index contributed by atoms with van der Waals surface area (Å²) in [4.78, 5) is 14.0. The van der Waals surface area contributed by atoms with Crippen molar-refractivity contribution in [2.24, 2.45) is 5.92 Å². The molecule has 1 aromatic rings. The van der Waals surface area contributed by atoms with E-state index in [0.717, 1.165) is 12.8 Å². The summed E-state index contributed by atoms with van der Waals surface area (Å²) in [7, 11) is 0. The summed E-state index contributed by atoms with van der Waals surface area (Å²) in [5.74, 6) is 0.629. The van der Waals surface area contributed by atoms with Crippen LogP contribution in [0.25, 0.3) is 0 Å². The van der Waals surface area contributed by atoms with Crippen molar-refractivity contribution in [1.82, 2.24) is 4.90 Å². The van der Waals surface area contributed by atoms with Crippen LogP contribution < -0.4 is 0 Å². The molecule has 2 rings (SSSR count). The van der Waals surface area contributed by atoms with E-state index in [1.54, 1.807) is 11.0 Å². The molecule has 18 heavy (non-hydrogen) atoms. The molecule has 0 bridgehead atoms. The van der Waals surface area contributed by atoms with Crippen LogP contribution in [0.2, 0.25) is 0 Å². The third kappa shape index (κ3) is 3.04. The minimum atomic E-state index is -0.391. The molecular weight excluding hydrogens is 321 g/mol. The summed E-state index contributed by atoms with van der Waals surface area (Å²) < 4.78 is 13.8. The number of carbonyl (C=O) groups is 1. The molecule has 0 saturated carbocycles. The molecule has 0 unspecified atom stereocenters. The van der Waals surface area contributed by atoms with Crippen molar-refractivity contribution < 1.29 is 9.18 Å². The molecule has 5 heteroatoms. The van der Waals surface area contributed by atoms with Crippen molar-refractivity contribution in [1.29, 1.82) is 0 Å². The quantitative estimate of drug-likeness (QED) is 0.756. The highest BCUT2D eigenvalue weighted by Gasteiger charge is 2.24. The molecule has 0 spiro atoms. The maximum Gasteiger partial charge on any atom is 0.255 e. The van der Waals surface area contributed by atoms with E-state index in [0.29, 0.717) is 34.9 Å². The second-order valence-electron chi connectivity index (χ2n) is 4.51. The topological polar surface area (TPSA) is 20.3 Å². The summed E-state index contributed by atoms with van der Waals surface area (Å²) in [6.45, 7) is 1.39. The number of hydrogen-bond donors (Lipinski definition) is 0.